The zero-order chi connectivity index (χ0) is 19.6. The molecule has 0 radical (unpaired) electrons. The van der Waals surface area contributed by atoms with E-state index in [1.165, 1.54) is 0 Å². The Morgan fingerprint density at radius 3 is 2.90 bits per heavy atom. The van der Waals surface area contributed by atoms with E-state index in [9.17, 15) is 0 Å². The average molecular weight is 381 g/mol. The number of hydrogen-bond acceptors (Lipinski definition) is 5. The number of ether oxygens (including phenoxy) is 1. The molecule has 0 amide bonds. The van der Waals surface area contributed by atoms with Gasteiger partial charge in [0.05, 0.1) is 12.6 Å². The maximum absolute atomic E-state index is 5.36. The van der Waals surface area contributed by atoms with Crippen LogP contribution < -0.4 is 10.1 Å². The minimum atomic E-state index is 0.652. The molecule has 6 nitrogen and oxygen atoms in total. The molecule has 2 N–H and O–H groups in total. The van der Waals surface area contributed by atoms with Gasteiger partial charge in [-0.25, -0.2) is 4.98 Å². The minimum Gasteiger partial charge on any atom is -0.497 e. The smallest absolute Gasteiger partial charge is 0.140 e. The van der Waals surface area contributed by atoms with Crippen molar-refractivity contribution in [1.29, 1.82) is 0 Å². The molecule has 4 heterocycles. The number of aromatic amines is 1. The van der Waals surface area contributed by atoms with Gasteiger partial charge in [-0.05, 0) is 53.6 Å². The summed E-state index contributed by atoms with van der Waals surface area (Å²) >= 11 is 0. The highest BCUT2D eigenvalue weighted by Gasteiger charge is 2.11. The van der Waals surface area contributed by atoms with Crippen molar-refractivity contribution in [2.45, 2.75) is 6.54 Å². The van der Waals surface area contributed by atoms with Crippen LogP contribution in [0.3, 0.4) is 0 Å². The Morgan fingerprint density at radius 1 is 1.07 bits per heavy atom. The van der Waals surface area contributed by atoms with Crippen molar-refractivity contribution in [3.63, 3.8) is 0 Å². The van der Waals surface area contributed by atoms with Crippen LogP contribution in [0.1, 0.15) is 5.56 Å². The predicted molar refractivity (Wildman–Crippen MR) is 115 cm³/mol. The van der Waals surface area contributed by atoms with E-state index in [-0.39, 0.29) is 0 Å². The first-order valence-electron chi connectivity index (χ1n) is 9.35. The van der Waals surface area contributed by atoms with Gasteiger partial charge in [-0.2, -0.15) is 0 Å². The summed E-state index contributed by atoms with van der Waals surface area (Å²) in [6.07, 6.45) is 7.43. The van der Waals surface area contributed by atoms with E-state index in [4.69, 9.17) is 9.72 Å². The van der Waals surface area contributed by atoms with Gasteiger partial charge < -0.3 is 15.0 Å². The molecule has 0 unspecified atom stereocenters. The van der Waals surface area contributed by atoms with Crippen molar-refractivity contribution < 1.29 is 4.74 Å². The summed E-state index contributed by atoms with van der Waals surface area (Å²) in [6, 6.07) is 16.1. The topological polar surface area (TPSA) is 75.7 Å². The molecule has 1 aromatic carbocycles. The number of hydrogen-bond donors (Lipinski definition) is 2. The second kappa shape index (κ2) is 7.24. The standard InChI is InChI=1S/C23H19N5O/c1-29-18-4-5-21-16(10-18)9-17(14-26-21)20-11-22(28-23-19(20)6-8-25-23)27-13-15-3-2-7-24-12-15/h2-12,14H,13H2,1H3,(H2,25,27,28). The Labute approximate surface area is 167 Å². The molecule has 0 saturated carbocycles. The van der Waals surface area contributed by atoms with E-state index in [1.54, 1.807) is 13.3 Å². The van der Waals surface area contributed by atoms with Crippen LogP contribution in [0.5, 0.6) is 5.75 Å². The number of rotatable bonds is 5. The number of fused-ring (bicyclic) bond motifs is 2. The largest absolute Gasteiger partial charge is 0.497 e. The normalized spacial score (nSPS) is 11.1. The van der Waals surface area contributed by atoms with Gasteiger partial charge in [0.15, 0.2) is 0 Å². The van der Waals surface area contributed by atoms with Crippen molar-refractivity contribution in [3.8, 4) is 16.9 Å². The number of nitrogens with one attached hydrogen (secondary N) is 2. The van der Waals surface area contributed by atoms with Gasteiger partial charge in [0.25, 0.3) is 0 Å². The molecule has 29 heavy (non-hydrogen) atoms. The highest BCUT2D eigenvalue weighted by molar-refractivity contribution is 5.96. The van der Waals surface area contributed by atoms with Gasteiger partial charge in [0.2, 0.25) is 0 Å². The molecular formula is C23H19N5O. The van der Waals surface area contributed by atoms with Gasteiger partial charge in [-0.1, -0.05) is 6.07 Å². The zero-order valence-electron chi connectivity index (χ0n) is 15.9. The second-order valence-corrected chi connectivity index (χ2v) is 6.79. The molecule has 0 spiro atoms. The van der Waals surface area contributed by atoms with Crippen LogP contribution in [0.15, 0.2) is 73.3 Å². The van der Waals surface area contributed by atoms with Crippen LogP contribution in [0, 0.1) is 0 Å². The van der Waals surface area contributed by atoms with Crippen LogP contribution in [-0.2, 0) is 6.54 Å². The Balaban J connectivity index is 1.56. The summed E-state index contributed by atoms with van der Waals surface area (Å²) in [5.74, 6) is 1.61. The summed E-state index contributed by atoms with van der Waals surface area (Å²) in [6.45, 7) is 0.652. The lowest BCUT2D eigenvalue weighted by Gasteiger charge is -2.10. The first kappa shape index (κ1) is 17.2. The fourth-order valence-corrected chi connectivity index (χ4v) is 3.45. The molecule has 0 aliphatic heterocycles. The van der Waals surface area contributed by atoms with E-state index in [0.29, 0.717) is 6.54 Å². The molecule has 5 rings (SSSR count). The summed E-state index contributed by atoms with van der Waals surface area (Å²) in [4.78, 5) is 16.7. The predicted octanol–water partition coefficient (Wildman–Crippen LogP) is 4.79. The summed E-state index contributed by atoms with van der Waals surface area (Å²) in [7, 11) is 1.67. The van der Waals surface area contributed by atoms with E-state index in [1.807, 2.05) is 55.0 Å². The zero-order valence-corrected chi connectivity index (χ0v) is 15.9. The van der Waals surface area contributed by atoms with Crippen LogP contribution >= 0.6 is 0 Å². The van der Waals surface area contributed by atoms with Crippen molar-refractivity contribution in [3.05, 3.63) is 78.9 Å². The fraction of sp³-hybridized carbons (Fsp3) is 0.0870. The van der Waals surface area contributed by atoms with Crippen LogP contribution in [0.4, 0.5) is 5.82 Å². The maximum atomic E-state index is 5.36. The lowest BCUT2D eigenvalue weighted by atomic mass is 10.0. The molecule has 0 atom stereocenters. The minimum absolute atomic E-state index is 0.652. The Morgan fingerprint density at radius 2 is 2.03 bits per heavy atom. The summed E-state index contributed by atoms with van der Waals surface area (Å²) < 4.78 is 5.36. The third-order valence-electron chi connectivity index (χ3n) is 4.92. The number of nitrogens with zero attached hydrogens (tertiary/aromatic N) is 3. The fourth-order valence-electron chi connectivity index (χ4n) is 3.45. The number of pyridine rings is 3. The van der Waals surface area contributed by atoms with Crippen LogP contribution in [0.25, 0.3) is 33.1 Å². The van der Waals surface area contributed by atoms with Crippen molar-refractivity contribution in [2.24, 2.45) is 0 Å². The van der Waals surface area contributed by atoms with Gasteiger partial charge in [-0.15, -0.1) is 0 Å². The van der Waals surface area contributed by atoms with E-state index < -0.39 is 0 Å². The molecule has 0 saturated heterocycles. The maximum Gasteiger partial charge on any atom is 0.140 e. The monoisotopic (exact) mass is 381 g/mol. The van der Waals surface area contributed by atoms with Crippen LogP contribution in [-0.4, -0.2) is 27.0 Å². The highest BCUT2D eigenvalue weighted by atomic mass is 16.5. The number of anilines is 1. The molecule has 4 aromatic heterocycles. The third kappa shape index (κ3) is 3.36. The quantitative estimate of drug-likeness (QED) is 0.458. The van der Waals surface area contributed by atoms with E-state index in [0.717, 1.165) is 50.2 Å². The summed E-state index contributed by atoms with van der Waals surface area (Å²) in [5, 5.41) is 5.49. The van der Waals surface area contributed by atoms with Gasteiger partial charge in [0.1, 0.15) is 17.2 Å². The van der Waals surface area contributed by atoms with Crippen molar-refractivity contribution in [1.82, 2.24) is 19.9 Å². The number of H-pyrrole nitrogens is 1. The first-order chi connectivity index (χ1) is 14.3. The highest BCUT2D eigenvalue weighted by Crippen LogP contribution is 2.32. The second-order valence-electron chi connectivity index (χ2n) is 6.79. The van der Waals surface area contributed by atoms with Crippen molar-refractivity contribution in [2.75, 3.05) is 12.4 Å². The number of methoxy groups -OCH3 is 1. The van der Waals surface area contributed by atoms with E-state index in [2.05, 4.69) is 32.4 Å². The molecule has 0 fully saturated rings. The molecule has 0 aliphatic rings. The summed E-state index contributed by atoms with van der Waals surface area (Å²) in [5.41, 5.74) is 4.97. The molecule has 6 heteroatoms. The SMILES string of the molecule is COc1ccc2ncc(-c3cc(NCc4cccnc4)nc4[nH]ccc34)cc2c1. The van der Waals surface area contributed by atoms with Gasteiger partial charge in [-0.3, -0.25) is 9.97 Å². The molecule has 5 aromatic rings. The van der Waals surface area contributed by atoms with Gasteiger partial charge >= 0.3 is 0 Å². The molecule has 0 bridgehead atoms. The van der Waals surface area contributed by atoms with Gasteiger partial charge in [0, 0.05) is 47.7 Å². The molecule has 142 valence electrons. The number of aromatic nitrogens is 4. The Bertz CT molecular complexity index is 1300. The van der Waals surface area contributed by atoms with E-state index >= 15 is 0 Å². The molecular weight excluding hydrogens is 362 g/mol. The lowest BCUT2D eigenvalue weighted by molar-refractivity contribution is 0.415. The lowest BCUT2D eigenvalue weighted by Crippen LogP contribution is -2.02. The molecule has 0 aliphatic carbocycles. The third-order valence-corrected chi connectivity index (χ3v) is 4.92. The average Bonchev–Trinajstić information content (AvgIpc) is 3.25. The number of benzene rings is 1. The Kier molecular flexibility index (Phi) is 4.29. The van der Waals surface area contributed by atoms with Crippen LogP contribution in [0.2, 0.25) is 0 Å². The van der Waals surface area contributed by atoms with Crippen molar-refractivity contribution >= 4 is 27.8 Å². The first-order valence-corrected chi connectivity index (χ1v) is 9.35. The Hall–Kier alpha value is -3.93.